The molecule has 0 aliphatic carbocycles. The summed E-state index contributed by atoms with van der Waals surface area (Å²) in [5.74, 6) is 5.13. The summed E-state index contributed by atoms with van der Waals surface area (Å²) in [5, 5.41) is 0. The van der Waals surface area contributed by atoms with Gasteiger partial charge in [0.05, 0.1) is 6.10 Å². The van der Waals surface area contributed by atoms with Crippen molar-refractivity contribution in [3.05, 3.63) is 0 Å². The molecule has 1 aliphatic rings. The average molecular weight is 221 g/mol. The van der Waals surface area contributed by atoms with Crippen molar-refractivity contribution in [3.8, 4) is 0 Å². The zero-order chi connectivity index (χ0) is 11.4. The Morgan fingerprint density at radius 3 is 1.87 bits per heavy atom. The molecule has 0 aromatic rings. The molecule has 15 heavy (non-hydrogen) atoms. The SMILES string of the molecule is CO[C@@H]1[C@@H](OC)[C@@H](OC)C(ON)O[C@H]1C. The van der Waals surface area contributed by atoms with Crippen LogP contribution in [0.15, 0.2) is 0 Å². The second kappa shape index (κ2) is 5.74. The highest BCUT2D eigenvalue weighted by molar-refractivity contribution is 4.90. The lowest BCUT2D eigenvalue weighted by Gasteiger charge is -2.42. The van der Waals surface area contributed by atoms with E-state index in [2.05, 4.69) is 0 Å². The molecule has 1 rings (SSSR count). The summed E-state index contributed by atoms with van der Waals surface area (Å²) in [6.45, 7) is 1.87. The summed E-state index contributed by atoms with van der Waals surface area (Å²) in [4.78, 5) is 4.71. The van der Waals surface area contributed by atoms with Crippen molar-refractivity contribution in [1.29, 1.82) is 0 Å². The normalized spacial score (nSPS) is 41.8. The van der Waals surface area contributed by atoms with E-state index >= 15 is 0 Å². The van der Waals surface area contributed by atoms with E-state index in [4.69, 9.17) is 29.7 Å². The predicted molar refractivity (Wildman–Crippen MR) is 52.0 cm³/mol. The number of nitrogens with two attached hydrogens (primary N) is 1. The molecule has 0 radical (unpaired) electrons. The van der Waals surface area contributed by atoms with Gasteiger partial charge < -0.3 is 18.9 Å². The Kier molecular flexibility index (Phi) is 4.91. The smallest absolute Gasteiger partial charge is 0.206 e. The van der Waals surface area contributed by atoms with Gasteiger partial charge in [0, 0.05) is 21.3 Å². The highest BCUT2D eigenvalue weighted by Gasteiger charge is 2.45. The molecule has 6 nitrogen and oxygen atoms in total. The van der Waals surface area contributed by atoms with Crippen LogP contribution in [-0.4, -0.2) is 52.0 Å². The first-order valence-corrected chi connectivity index (χ1v) is 4.79. The maximum absolute atomic E-state index is 5.50. The molecular formula is C9H19NO5. The van der Waals surface area contributed by atoms with E-state index < -0.39 is 12.4 Å². The van der Waals surface area contributed by atoms with Gasteiger partial charge >= 0.3 is 0 Å². The maximum Gasteiger partial charge on any atom is 0.206 e. The minimum absolute atomic E-state index is 0.167. The van der Waals surface area contributed by atoms with Gasteiger partial charge in [0.1, 0.15) is 18.3 Å². The zero-order valence-corrected chi connectivity index (χ0v) is 9.51. The van der Waals surface area contributed by atoms with Gasteiger partial charge in [-0.1, -0.05) is 0 Å². The first kappa shape index (κ1) is 12.8. The lowest BCUT2D eigenvalue weighted by molar-refractivity contribution is -0.306. The van der Waals surface area contributed by atoms with Crippen LogP contribution in [0.3, 0.4) is 0 Å². The number of hydrogen-bond donors (Lipinski definition) is 1. The lowest BCUT2D eigenvalue weighted by Crippen LogP contribution is -2.59. The van der Waals surface area contributed by atoms with E-state index in [1.165, 1.54) is 0 Å². The fraction of sp³-hybridized carbons (Fsp3) is 1.00. The second-order valence-corrected chi connectivity index (χ2v) is 3.45. The molecule has 0 aromatic heterocycles. The van der Waals surface area contributed by atoms with Gasteiger partial charge in [0.2, 0.25) is 6.29 Å². The molecule has 0 bridgehead atoms. The Hall–Kier alpha value is -0.240. The van der Waals surface area contributed by atoms with Gasteiger partial charge in [-0.2, -0.15) is 0 Å². The van der Waals surface area contributed by atoms with Gasteiger partial charge in [-0.15, -0.1) is 0 Å². The van der Waals surface area contributed by atoms with E-state index in [9.17, 15) is 0 Å². The molecule has 0 aromatic carbocycles. The molecule has 6 heteroatoms. The molecule has 1 unspecified atom stereocenters. The summed E-state index contributed by atoms with van der Waals surface area (Å²) < 4.78 is 21.4. The summed E-state index contributed by atoms with van der Waals surface area (Å²) in [5.41, 5.74) is 0. The van der Waals surface area contributed by atoms with Crippen LogP contribution in [0, 0.1) is 0 Å². The molecule has 0 saturated carbocycles. The largest absolute Gasteiger partial charge is 0.376 e. The topological polar surface area (TPSA) is 72.2 Å². The Bertz CT molecular complexity index is 191. The third-order valence-corrected chi connectivity index (χ3v) is 2.68. The Labute approximate surface area is 89.5 Å². The van der Waals surface area contributed by atoms with Crippen molar-refractivity contribution in [2.45, 2.75) is 37.6 Å². The van der Waals surface area contributed by atoms with Gasteiger partial charge in [0.15, 0.2) is 0 Å². The second-order valence-electron chi connectivity index (χ2n) is 3.45. The van der Waals surface area contributed by atoms with Gasteiger partial charge in [-0.3, -0.25) is 4.84 Å². The average Bonchev–Trinajstić information content (AvgIpc) is 2.27. The molecule has 5 atom stereocenters. The van der Waals surface area contributed by atoms with E-state index in [0.717, 1.165) is 0 Å². The first-order valence-electron chi connectivity index (χ1n) is 4.79. The fourth-order valence-corrected chi connectivity index (χ4v) is 1.92. The van der Waals surface area contributed by atoms with E-state index in [1.807, 2.05) is 6.92 Å². The first-order chi connectivity index (χ1) is 7.19. The molecule has 1 saturated heterocycles. The molecule has 0 amide bonds. The highest BCUT2D eigenvalue weighted by Crippen LogP contribution is 2.26. The lowest BCUT2D eigenvalue weighted by atomic mass is 9.99. The number of methoxy groups -OCH3 is 3. The summed E-state index contributed by atoms with van der Waals surface area (Å²) in [7, 11) is 4.75. The van der Waals surface area contributed by atoms with Crippen LogP contribution in [0.25, 0.3) is 0 Å². The fourth-order valence-electron chi connectivity index (χ4n) is 1.92. The minimum atomic E-state index is -0.638. The van der Waals surface area contributed by atoms with Crippen molar-refractivity contribution in [3.63, 3.8) is 0 Å². The van der Waals surface area contributed by atoms with Crippen molar-refractivity contribution in [2.24, 2.45) is 5.90 Å². The summed E-state index contributed by atoms with van der Waals surface area (Å²) >= 11 is 0. The number of hydrogen-bond acceptors (Lipinski definition) is 6. The molecule has 0 spiro atoms. The van der Waals surface area contributed by atoms with Crippen molar-refractivity contribution in [1.82, 2.24) is 0 Å². The van der Waals surface area contributed by atoms with Crippen molar-refractivity contribution < 1.29 is 23.8 Å². The Balaban J connectivity index is 2.80. The van der Waals surface area contributed by atoms with E-state index in [0.29, 0.717) is 0 Å². The van der Waals surface area contributed by atoms with Crippen molar-refractivity contribution in [2.75, 3.05) is 21.3 Å². The maximum atomic E-state index is 5.50. The van der Waals surface area contributed by atoms with Gasteiger partial charge in [-0.05, 0) is 6.92 Å². The summed E-state index contributed by atoms with van der Waals surface area (Å²) in [6, 6.07) is 0. The minimum Gasteiger partial charge on any atom is -0.376 e. The van der Waals surface area contributed by atoms with Crippen LogP contribution in [0.1, 0.15) is 6.92 Å². The standard InChI is InChI=1S/C9H19NO5/c1-5-6(11-2)7(12-3)8(13-4)9(14-5)15-10/h5-9H,10H2,1-4H3/t5-,6-,7+,8+,9?/m0/s1. The predicted octanol–water partition coefficient (Wildman–Crippen LogP) is -0.333. The third kappa shape index (κ3) is 2.47. The summed E-state index contributed by atoms with van der Waals surface area (Å²) in [6.07, 6.45) is -1.67. The van der Waals surface area contributed by atoms with Crippen LogP contribution >= 0.6 is 0 Å². The van der Waals surface area contributed by atoms with Gasteiger partial charge in [-0.25, -0.2) is 5.90 Å². The van der Waals surface area contributed by atoms with Crippen LogP contribution in [-0.2, 0) is 23.8 Å². The molecule has 90 valence electrons. The number of rotatable bonds is 4. The third-order valence-electron chi connectivity index (χ3n) is 2.68. The van der Waals surface area contributed by atoms with Crippen molar-refractivity contribution >= 4 is 0 Å². The van der Waals surface area contributed by atoms with Crippen LogP contribution in [0.4, 0.5) is 0 Å². The molecule has 1 fully saturated rings. The Morgan fingerprint density at radius 1 is 0.933 bits per heavy atom. The van der Waals surface area contributed by atoms with Crippen LogP contribution in [0.5, 0.6) is 0 Å². The molecule has 2 N–H and O–H groups in total. The van der Waals surface area contributed by atoms with Crippen LogP contribution < -0.4 is 5.90 Å². The van der Waals surface area contributed by atoms with E-state index in [-0.39, 0.29) is 18.3 Å². The van der Waals surface area contributed by atoms with Crippen LogP contribution in [0.2, 0.25) is 0 Å². The molecule has 1 heterocycles. The highest BCUT2D eigenvalue weighted by atomic mass is 16.8. The zero-order valence-electron chi connectivity index (χ0n) is 9.51. The monoisotopic (exact) mass is 221 g/mol. The molecular weight excluding hydrogens is 202 g/mol. The Morgan fingerprint density at radius 2 is 1.47 bits per heavy atom. The van der Waals surface area contributed by atoms with E-state index in [1.54, 1.807) is 21.3 Å². The van der Waals surface area contributed by atoms with Gasteiger partial charge in [0.25, 0.3) is 0 Å². The number of ether oxygens (including phenoxy) is 4. The quantitative estimate of drug-likeness (QED) is 0.655. The molecule has 1 aliphatic heterocycles.